The Kier molecular flexibility index (Phi) is 3.20. The number of carbonyl (C=O) groups is 1. The van der Waals surface area contributed by atoms with Crippen molar-refractivity contribution in [3.8, 4) is 0 Å². The summed E-state index contributed by atoms with van der Waals surface area (Å²) in [4.78, 5) is 23.7. The predicted octanol–water partition coefficient (Wildman–Crippen LogP) is 3.11. The van der Waals surface area contributed by atoms with Gasteiger partial charge < -0.3 is 5.32 Å². The third-order valence-electron chi connectivity index (χ3n) is 4.87. The molecule has 0 spiro atoms. The SMILES string of the molecule is Cc1csc(NC2CC(N3C(=O)C(C)(C)c4cccnc43)C2)n1. The summed E-state index contributed by atoms with van der Waals surface area (Å²) in [7, 11) is 0. The number of nitrogens with one attached hydrogen (secondary N) is 1. The lowest BCUT2D eigenvalue weighted by Crippen LogP contribution is -2.53. The van der Waals surface area contributed by atoms with Crippen LogP contribution in [0, 0.1) is 6.92 Å². The van der Waals surface area contributed by atoms with Crippen molar-refractivity contribution in [2.24, 2.45) is 0 Å². The van der Waals surface area contributed by atoms with Crippen LogP contribution in [0.25, 0.3) is 0 Å². The molecule has 0 unspecified atom stereocenters. The molecule has 1 N–H and O–H groups in total. The van der Waals surface area contributed by atoms with E-state index in [0.29, 0.717) is 6.04 Å². The van der Waals surface area contributed by atoms with E-state index in [0.717, 1.165) is 35.0 Å². The Balaban J connectivity index is 1.49. The second-order valence-electron chi connectivity index (χ2n) is 6.94. The maximum Gasteiger partial charge on any atom is 0.238 e. The molecule has 3 heterocycles. The van der Waals surface area contributed by atoms with Gasteiger partial charge >= 0.3 is 0 Å². The number of pyridine rings is 1. The first-order valence-electron chi connectivity index (χ1n) is 7.94. The second-order valence-corrected chi connectivity index (χ2v) is 7.79. The summed E-state index contributed by atoms with van der Waals surface area (Å²) in [5.74, 6) is 1.01. The predicted molar refractivity (Wildman–Crippen MR) is 92.0 cm³/mol. The van der Waals surface area contributed by atoms with Crippen LogP contribution in [0.4, 0.5) is 10.9 Å². The van der Waals surface area contributed by atoms with Crippen LogP contribution < -0.4 is 10.2 Å². The van der Waals surface area contributed by atoms with Gasteiger partial charge in [-0.25, -0.2) is 9.97 Å². The number of hydrogen-bond acceptors (Lipinski definition) is 5. The molecule has 1 aliphatic carbocycles. The Bertz CT molecular complexity index is 763. The maximum atomic E-state index is 12.8. The second kappa shape index (κ2) is 5.03. The van der Waals surface area contributed by atoms with Gasteiger partial charge in [0.2, 0.25) is 5.91 Å². The molecule has 2 aliphatic rings. The monoisotopic (exact) mass is 328 g/mol. The highest BCUT2D eigenvalue weighted by Gasteiger charge is 2.50. The van der Waals surface area contributed by atoms with E-state index in [4.69, 9.17) is 0 Å². The summed E-state index contributed by atoms with van der Waals surface area (Å²) in [6.45, 7) is 5.98. The van der Waals surface area contributed by atoms with Crippen molar-refractivity contribution >= 4 is 28.2 Å². The van der Waals surface area contributed by atoms with Gasteiger partial charge in [-0.05, 0) is 39.7 Å². The number of carbonyl (C=O) groups excluding carboxylic acids is 1. The summed E-state index contributed by atoms with van der Waals surface area (Å²) < 4.78 is 0. The van der Waals surface area contributed by atoms with Crippen molar-refractivity contribution in [2.75, 3.05) is 10.2 Å². The molecule has 0 bridgehead atoms. The number of aryl methyl sites for hydroxylation is 1. The average molecular weight is 328 g/mol. The summed E-state index contributed by atoms with van der Waals surface area (Å²) in [5, 5.41) is 6.48. The molecule has 1 aliphatic heterocycles. The van der Waals surface area contributed by atoms with Crippen molar-refractivity contribution in [1.29, 1.82) is 0 Å². The molecule has 5 nitrogen and oxygen atoms in total. The minimum Gasteiger partial charge on any atom is -0.359 e. The zero-order chi connectivity index (χ0) is 16.2. The fourth-order valence-electron chi connectivity index (χ4n) is 3.44. The molecular weight excluding hydrogens is 308 g/mol. The van der Waals surface area contributed by atoms with E-state index in [1.807, 2.05) is 43.2 Å². The topological polar surface area (TPSA) is 58.1 Å². The van der Waals surface area contributed by atoms with Crippen LogP contribution in [0.1, 0.15) is 37.9 Å². The normalized spacial score (nSPS) is 25.2. The first-order valence-corrected chi connectivity index (χ1v) is 8.82. The van der Waals surface area contributed by atoms with Crippen molar-refractivity contribution in [3.05, 3.63) is 35.0 Å². The lowest BCUT2D eigenvalue weighted by Gasteiger charge is -2.41. The summed E-state index contributed by atoms with van der Waals surface area (Å²) in [6.07, 6.45) is 3.65. The van der Waals surface area contributed by atoms with Crippen LogP contribution in [0.3, 0.4) is 0 Å². The molecule has 4 rings (SSSR count). The summed E-state index contributed by atoms with van der Waals surface area (Å²) in [6, 6.07) is 4.55. The van der Waals surface area contributed by atoms with Gasteiger partial charge in [0, 0.05) is 29.2 Å². The van der Waals surface area contributed by atoms with E-state index >= 15 is 0 Å². The summed E-state index contributed by atoms with van der Waals surface area (Å²) in [5.41, 5.74) is 1.61. The van der Waals surface area contributed by atoms with Gasteiger partial charge in [0.15, 0.2) is 5.13 Å². The third kappa shape index (κ3) is 2.24. The van der Waals surface area contributed by atoms with Gasteiger partial charge in [0.25, 0.3) is 0 Å². The lowest BCUT2D eigenvalue weighted by atomic mass is 9.84. The quantitative estimate of drug-likeness (QED) is 0.940. The molecule has 1 saturated carbocycles. The van der Waals surface area contributed by atoms with E-state index in [2.05, 4.69) is 15.3 Å². The minimum atomic E-state index is -0.478. The van der Waals surface area contributed by atoms with E-state index in [1.165, 1.54) is 0 Å². The van der Waals surface area contributed by atoms with Crippen LogP contribution in [-0.4, -0.2) is 28.0 Å². The van der Waals surface area contributed by atoms with E-state index in [9.17, 15) is 4.79 Å². The Labute approximate surface area is 139 Å². The van der Waals surface area contributed by atoms with E-state index < -0.39 is 5.41 Å². The molecule has 6 heteroatoms. The van der Waals surface area contributed by atoms with Gasteiger partial charge in [-0.3, -0.25) is 9.69 Å². The molecule has 0 aromatic carbocycles. The molecule has 1 amide bonds. The molecular formula is C17H20N4OS. The molecule has 1 fully saturated rings. The number of amides is 1. The number of anilines is 2. The number of nitrogens with zero attached hydrogens (tertiary/aromatic N) is 3. The molecule has 120 valence electrons. The van der Waals surface area contributed by atoms with E-state index in [1.54, 1.807) is 17.5 Å². The third-order valence-corrected chi connectivity index (χ3v) is 5.76. The zero-order valence-electron chi connectivity index (χ0n) is 13.5. The Morgan fingerprint density at radius 1 is 1.39 bits per heavy atom. The van der Waals surface area contributed by atoms with Crippen LogP contribution in [0.2, 0.25) is 0 Å². The number of aromatic nitrogens is 2. The fourth-order valence-corrected chi connectivity index (χ4v) is 4.21. The standard InChI is InChI=1S/C17H20N4OS/c1-10-9-23-16(19-10)20-11-7-12(8-11)21-14-13(5-4-6-18-14)17(2,3)15(21)22/h4-6,9,11-12H,7-8H2,1-3H3,(H,19,20). The molecule has 0 atom stereocenters. The molecule has 2 aromatic heterocycles. The smallest absolute Gasteiger partial charge is 0.238 e. The molecule has 0 saturated heterocycles. The Morgan fingerprint density at radius 2 is 2.17 bits per heavy atom. The Morgan fingerprint density at radius 3 is 2.87 bits per heavy atom. The van der Waals surface area contributed by atoms with Crippen molar-refractivity contribution < 1.29 is 4.79 Å². The zero-order valence-corrected chi connectivity index (χ0v) is 14.4. The summed E-state index contributed by atoms with van der Waals surface area (Å²) >= 11 is 1.63. The van der Waals surface area contributed by atoms with Crippen molar-refractivity contribution in [1.82, 2.24) is 9.97 Å². The van der Waals surface area contributed by atoms with Crippen molar-refractivity contribution in [2.45, 2.75) is 51.1 Å². The highest BCUT2D eigenvalue weighted by atomic mass is 32.1. The average Bonchev–Trinajstić information content (AvgIpc) is 2.97. The highest BCUT2D eigenvalue weighted by Crippen LogP contribution is 2.44. The first-order chi connectivity index (χ1) is 11.0. The van der Waals surface area contributed by atoms with Crippen LogP contribution in [0.5, 0.6) is 0 Å². The molecule has 23 heavy (non-hydrogen) atoms. The number of rotatable bonds is 3. The van der Waals surface area contributed by atoms with Gasteiger partial charge in [0.05, 0.1) is 11.1 Å². The van der Waals surface area contributed by atoms with Gasteiger partial charge in [-0.15, -0.1) is 11.3 Å². The fraction of sp³-hybridized carbons (Fsp3) is 0.471. The number of thiazole rings is 1. The molecule has 2 aromatic rings. The highest BCUT2D eigenvalue weighted by molar-refractivity contribution is 7.13. The van der Waals surface area contributed by atoms with Crippen LogP contribution >= 0.6 is 11.3 Å². The van der Waals surface area contributed by atoms with Crippen LogP contribution in [0.15, 0.2) is 23.7 Å². The lowest BCUT2D eigenvalue weighted by molar-refractivity contribution is -0.122. The minimum absolute atomic E-state index is 0.166. The van der Waals surface area contributed by atoms with Crippen molar-refractivity contribution in [3.63, 3.8) is 0 Å². The maximum absolute atomic E-state index is 12.8. The largest absolute Gasteiger partial charge is 0.359 e. The Hall–Kier alpha value is -1.95. The van der Waals surface area contributed by atoms with Gasteiger partial charge in [-0.2, -0.15) is 0 Å². The van der Waals surface area contributed by atoms with Gasteiger partial charge in [0.1, 0.15) is 5.82 Å². The number of fused-ring (bicyclic) bond motifs is 1. The first kappa shape index (κ1) is 14.6. The van der Waals surface area contributed by atoms with Crippen LogP contribution in [-0.2, 0) is 10.2 Å². The number of hydrogen-bond donors (Lipinski definition) is 1. The van der Waals surface area contributed by atoms with E-state index in [-0.39, 0.29) is 11.9 Å². The molecule has 0 radical (unpaired) electrons. The van der Waals surface area contributed by atoms with Gasteiger partial charge in [-0.1, -0.05) is 6.07 Å².